The molecule has 1 heterocycles. The number of nitrogens with one attached hydrogen (secondary N) is 2. The van der Waals surface area contributed by atoms with Gasteiger partial charge in [-0.05, 0) is 99.8 Å². The van der Waals surface area contributed by atoms with Crippen molar-refractivity contribution in [2.75, 3.05) is 43.4 Å². The number of amides is 3. The number of carbonyl (C=O) groups excluding carboxylic acids is 2. The first-order valence-corrected chi connectivity index (χ1v) is 17.7. The number of rotatable bonds is 8. The molecule has 0 saturated heterocycles. The molecule has 0 spiro atoms. The number of ether oxygens (including phenoxy) is 2. The van der Waals surface area contributed by atoms with Gasteiger partial charge in [0.15, 0.2) is 0 Å². The Balaban J connectivity index is 1.62. The quantitative estimate of drug-likeness (QED) is 0.273. The minimum atomic E-state index is -4.12. The van der Waals surface area contributed by atoms with Gasteiger partial charge in [0.1, 0.15) is 17.4 Å². The van der Waals surface area contributed by atoms with Crippen LogP contribution in [0.15, 0.2) is 71.6 Å². The number of likely N-dealkylation sites (N-methyl/N-ethyl adjacent to an activating group) is 1. The third-order valence-electron chi connectivity index (χ3n) is 8.32. The molecule has 11 nitrogen and oxygen atoms in total. The molecule has 3 aromatic carbocycles. The molecular weight excluding hydrogens is 658 g/mol. The lowest BCUT2D eigenvalue weighted by Crippen LogP contribution is -2.48. The van der Waals surface area contributed by atoms with Gasteiger partial charge < -0.3 is 29.7 Å². The number of benzene rings is 3. The number of carbonyl (C=O) groups is 2. The van der Waals surface area contributed by atoms with Crippen LogP contribution in [0.5, 0.6) is 5.75 Å². The maximum atomic E-state index is 14.3. The second-order valence-electron chi connectivity index (χ2n) is 12.4. The van der Waals surface area contributed by atoms with Crippen LogP contribution in [0, 0.1) is 17.6 Å². The van der Waals surface area contributed by atoms with E-state index in [0.717, 1.165) is 37.1 Å². The molecule has 3 N–H and O–H groups in total. The lowest BCUT2D eigenvalue weighted by Gasteiger charge is -2.35. The summed E-state index contributed by atoms with van der Waals surface area (Å²) in [4.78, 5) is 30.1. The van der Waals surface area contributed by atoms with Gasteiger partial charge in [0.25, 0.3) is 15.9 Å². The molecule has 0 saturated carbocycles. The van der Waals surface area contributed by atoms with Crippen LogP contribution in [0.3, 0.4) is 0 Å². The Morgan fingerprint density at radius 3 is 2.31 bits per heavy atom. The number of urea groups is 1. The van der Waals surface area contributed by atoms with Crippen LogP contribution in [0.4, 0.5) is 25.0 Å². The van der Waals surface area contributed by atoms with Gasteiger partial charge in [-0.1, -0.05) is 6.92 Å². The van der Waals surface area contributed by atoms with E-state index in [0.29, 0.717) is 18.7 Å². The van der Waals surface area contributed by atoms with Crippen LogP contribution in [0.2, 0.25) is 0 Å². The molecule has 3 aromatic rings. The molecule has 0 radical (unpaired) electrons. The van der Waals surface area contributed by atoms with Crippen LogP contribution in [0.1, 0.15) is 50.4 Å². The zero-order valence-electron chi connectivity index (χ0n) is 28.1. The largest absolute Gasteiger partial charge is 0.490 e. The summed E-state index contributed by atoms with van der Waals surface area (Å²) in [5, 5.41) is 12.9. The van der Waals surface area contributed by atoms with Gasteiger partial charge in [0.2, 0.25) is 0 Å². The minimum absolute atomic E-state index is 0.0870. The molecular formula is C35H44F2N4O7S. The van der Waals surface area contributed by atoms with Crippen molar-refractivity contribution < 1.29 is 41.4 Å². The standard InChI is InChI=1S/C35H44F2N4O7S/c1-23-20-41(24(2)22-42)34(43)31-19-29(39-49(45,46)30-15-10-27(37)11-16-30)14-17-32(31)48-25(3)7-5-6-18-47-33(23)21-40(4)35(44)38-28-12-8-26(36)9-13-28/h8-17,19,23-25,33,39,42H,5-7,18,20-22H2,1-4H3,(H,38,44)/t23-,24+,25-,33+/m0/s1. The van der Waals surface area contributed by atoms with Gasteiger partial charge in [-0.15, -0.1) is 0 Å². The second kappa shape index (κ2) is 16.9. The third kappa shape index (κ3) is 10.4. The van der Waals surface area contributed by atoms with E-state index in [1.54, 1.807) is 14.0 Å². The highest BCUT2D eigenvalue weighted by Crippen LogP contribution is 2.29. The molecule has 0 bridgehead atoms. The first-order chi connectivity index (χ1) is 23.3. The van der Waals surface area contributed by atoms with Crippen molar-refractivity contribution in [3.05, 3.63) is 83.9 Å². The maximum absolute atomic E-state index is 14.3. The second-order valence-corrected chi connectivity index (χ2v) is 14.1. The number of aliphatic hydroxyl groups is 1. The Labute approximate surface area is 286 Å². The smallest absolute Gasteiger partial charge is 0.321 e. The number of sulfonamides is 1. The summed E-state index contributed by atoms with van der Waals surface area (Å²) in [5.74, 6) is -1.58. The molecule has 4 rings (SSSR count). The van der Waals surface area contributed by atoms with E-state index in [-0.39, 0.29) is 53.6 Å². The van der Waals surface area contributed by atoms with E-state index in [2.05, 4.69) is 10.0 Å². The Morgan fingerprint density at radius 1 is 1.02 bits per heavy atom. The van der Waals surface area contributed by atoms with Gasteiger partial charge in [0.05, 0.1) is 35.3 Å². The number of fused-ring (bicyclic) bond motifs is 1. The van der Waals surface area contributed by atoms with Crippen LogP contribution in [0.25, 0.3) is 0 Å². The van der Waals surface area contributed by atoms with E-state index >= 15 is 0 Å². The number of hydrogen-bond acceptors (Lipinski definition) is 7. The summed E-state index contributed by atoms with van der Waals surface area (Å²) in [5.41, 5.74) is 0.610. The molecule has 14 heteroatoms. The SMILES string of the molecule is C[C@H](CO)N1C[C@H](C)[C@@H](CN(C)C(=O)Nc2ccc(F)cc2)OCCCC[C@H](C)Oc2ccc(NS(=O)(=O)c3ccc(F)cc3)cc2C1=O. The molecule has 0 aromatic heterocycles. The first-order valence-electron chi connectivity index (χ1n) is 16.2. The van der Waals surface area contributed by atoms with Crippen molar-refractivity contribution in [2.24, 2.45) is 5.92 Å². The first kappa shape index (κ1) is 37.5. The van der Waals surface area contributed by atoms with Gasteiger partial charge >= 0.3 is 6.03 Å². The maximum Gasteiger partial charge on any atom is 0.321 e. The van der Waals surface area contributed by atoms with E-state index in [9.17, 15) is 31.9 Å². The van der Waals surface area contributed by atoms with E-state index in [4.69, 9.17) is 9.47 Å². The van der Waals surface area contributed by atoms with E-state index in [1.807, 2.05) is 13.8 Å². The van der Waals surface area contributed by atoms with E-state index < -0.39 is 45.7 Å². The molecule has 0 unspecified atom stereocenters. The van der Waals surface area contributed by atoms with Crippen molar-refractivity contribution in [1.82, 2.24) is 9.80 Å². The van der Waals surface area contributed by atoms with Gasteiger partial charge in [-0.25, -0.2) is 22.0 Å². The molecule has 266 valence electrons. The zero-order valence-corrected chi connectivity index (χ0v) is 28.9. The number of anilines is 2. The fraction of sp³-hybridized carbons (Fsp3) is 0.429. The molecule has 3 amide bonds. The van der Waals surface area contributed by atoms with Crippen LogP contribution in [-0.4, -0.2) is 86.9 Å². The number of hydrogen-bond donors (Lipinski definition) is 3. The van der Waals surface area contributed by atoms with Gasteiger partial charge in [-0.2, -0.15) is 0 Å². The highest BCUT2D eigenvalue weighted by molar-refractivity contribution is 7.92. The highest BCUT2D eigenvalue weighted by Gasteiger charge is 2.31. The predicted octanol–water partition coefficient (Wildman–Crippen LogP) is 5.73. The molecule has 4 atom stereocenters. The highest BCUT2D eigenvalue weighted by atomic mass is 32.2. The predicted molar refractivity (Wildman–Crippen MR) is 182 cm³/mol. The fourth-order valence-corrected chi connectivity index (χ4v) is 6.43. The van der Waals surface area contributed by atoms with Crippen molar-refractivity contribution >= 4 is 33.3 Å². The Bertz CT molecular complexity index is 1680. The third-order valence-corrected chi connectivity index (χ3v) is 9.72. The summed E-state index contributed by atoms with van der Waals surface area (Å²) in [7, 11) is -2.50. The van der Waals surface area contributed by atoms with E-state index in [1.165, 1.54) is 52.3 Å². The summed E-state index contributed by atoms with van der Waals surface area (Å²) < 4.78 is 67.9. The lowest BCUT2D eigenvalue weighted by atomic mass is 10.0. The summed E-state index contributed by atoms with van der Waals surface area (Å²) in [6.45, 7) is 5.81. The lowest BCUT2D eigenvalue weighted by molar-refractivity contribution is -0.0115. The molecule has 1 aliphatic rings. The normalized spacial score (nSPS) is 19.9. The van der Waals surface area contributed by atoms with Crippen LogP contribution in [-0.2, 0) is 14.8 Å². The zero-order chi connectivity index (χ0) is 35.7. The Hall–Kier alpha value is -4.27. The average Bonchev–Trinajstić information content (AvgIpc) is 3.07. The van der Waals surface area contributed by atoms with Crippen molar-refractivity contribution in [2.45, 2.75) is 63.2 Å². The Morgan fingerprint density at radius 2 is 1.65 bits per heavy atom. The fourth-order valence-electron chi connectivity index (χ4n) is 5.38. The topological polar surface area (TPSA) is 138 Å². The van der Waals surface area contributed by atoms with Crippen LogP contribution >= 0.6 is 0 Å². The number of aliphatic hydroxyl groups excluding tert-OH is 1. The minimum Gasteiger partial charge on any atom is -0.490 e. The molecule has 0 fully saturated rings. The van der Waals surface area contributed by atoms with Crippen molar-refractivity contribution in [1.29, 1.82) is 0 Å². The Kier molecular flexibility index (Phi) is 13.0. The summed E-state index contributed by atoms with van der Waals surface area (Å²) >= 11 is 0. The van der Waals surface area contributed by atoms with Gasteiger partial charge in [0, 0.05) is 44.0 Å². The van der Waals surface area contributed by atoms with Crippen molar-refractivity contribution in [3.63, 3.8) is 0 Å². The number of nitrogens with zero attached hydrogens (tertiary/aromatic N) is 2. The van der Waals surface area contributed by atoms with Gasteiger partial charge in [-0.3, -0.25) is 9.52 Å². The van der Waals surface area contributed by atoms with Crippen molar-refractivity contribution in [3.8, 4) is 5.75 Å². The average molecular weight is 703 g/mol. The summed E-state index contributed by atoms with van der Waals surface area (Å²) in [6.07, 6.45) is 1.32. The molecule has 49 heavy (non-hydrogen) atoms. The molecule has 1 aliphatic heterocycles. The summed E-state index contributed by atoms with van der Waals surface area (Å²) in [6, 6.07) is 13.1. The monoisotopic (exact) mass is 702 g/mol. The number of halogens is 2. The molecule has 0 aliphatic carbocycles. The van der Waals surface area contributed by atoms with Crippen LogP contribution < -0.4 is 14.8 Å².